The third-order valence-corrected chi connectivity index (χ3v) is 2.84. The van der Waals surface area contributed by atoms with Crippen molar-refractivity contribution in [3.63, 3.8) is 0 Å². The summed E-state index contributed by atoms with van der Waals surface area (Å²) in [7, 11) is 1.86. The van der Waals surface area contributed by atoms with E-state index in [1.54, 1.807) is 22.9 Å². The van der Waals surface area contributed by atoms with Crippen LogP contribution < -0.4 is 16.8 Å². The molecule has 2 aromatic rings. The lowest BCUT2D eigenvalue weighted by Gasteiger charge is -2.08. The topological polar surface area (TPSA) is 99.0 Å². The molecule has 0 fully saturated rings. The van der Waals surface area contributed by atoms with Crippen molar-refractivity contribution in [3.8, 4) is 0 Å². The zero-order valence-electron chi connectivity index (χ0n) is 11.0. The van der Waals surface area contributed by atoms with Gasteiger partial charge in [0.15, 0.2) is 0 Å². The minimum Gasteiger partial charge on any atom is -0.398 e. The molecule has 0 radical (unpaired) electrons. The van der Waals surface area contributed by atoms with Gasteiger partial charge in [0.05, 0.1) is 16.9 Å². The lowest BCUT2D eigenvalue weighted by Crippen LogP contribution is -2.13. The van der Waals surface area contributed by atoms with Gasteiger partial charge in [-0.15, -0.1) is 0 Å². The second-order valence-corrected chi connectivity index (χ2v) is 4.31. The minimum absolute atomic E-state index is 0.312. The maximum Gasteiger partial charge on any atom is 0.250 e. The summed E-state index contributed by atoms with van der Waals surface area (Å²) in [6, 6.07) is 5.10. The van der Waals surface area contributed by atoms with E-state index < -0.39 is 5.91 Å². The number of carbonyl (C=O) groups excluding carboxylic acids is 1. The molecule has 2 rings (SSSR count). The van der Waals surface area contributed by atoms with Gasteiger partial charge in [-0.2, -0.15) is 5.10 Å². The molecule has 19 heavy (non-hydrogen) atoms. The van der Waals surface area contributed by atoms with Crippen molar-refractivity contribution < 1.29 is 4.79 Å². The molecule has 0 saturated carbocycles. The summed E-state index contributed by atoms with van der Waals surface area (Å²) in [6.07, 6.45) is 2.71. The number of nitrogens with zero attached hydrogens (tertiary/aromatic N) is 2. The Kier molecular flexibility index (Phi) is 3.41. The molecule has 5 N–H and O–H groups in total. The van der Waals surface area contributed by atoms with Crippen LogP contribution in [0.2, 0.25) is 0 Å². The van der Waals surface area contributed by atoms with Crippen LogP contribution in [0.1, 0.15) is 23.0 Å². The molecule has 0 spiro atoms. The highest BCUT2D eigenvalue weighted by atomic mass is 16.1. The quantitative estimate of drug-likeness (QED) is 0.723. The van der Waals surface area contributed by atoms with Gasteiger partial charge in [0, 0.05) is 24.6 Å². The molecule has 1 heterocycles. The average molecular weight is 259 g/mol. The Balaban J connectivity index is 2.33. The van der Waals surface area contributed by atoms with Crippen LogP contribution in [0.15, 0.2) is 24.4 Å². The molecule has 1 aromatic heterocycles. The number of aromatic nitrogens is 2. The van der Waals surface area contributed by atoms with E-state index in [0.717, 1.165) is 23.5 Å². The minimum atomic E-state index is -0.539. The van der Waals surface area contributed by atoms with Crippen LogP contribution in [0, 0.1) is 0 Å². The first-order chi connectivity index (χ1) is 9.01. The van der Waals surface area contributed by atoms with E-state index >= 15 is 0 Å². The smallest absolute Gasteiger partial charge is 0.250 e. The second-order valence-electron chi connectivity index (χ2n) is 4.31. The predicted molar refractivity (Wildman–Crippen MR) is 75.2 cm³/mol. The lowest BCUT2D eigenvalue weighted by molar-refractivity contribution is 0.100. The molecule has 0 aliphatic carbocycles. The molecule has 1 aromatic carbocycles. The monoisotopic (exact) mass is 259 g/mol. The largest absolute Gasteiger partial charge is 0.398 e. The summed E-state index contributed by atoms with van der Waals surface area (Å²) in [4.78, 5) is 11.3. The van der Waals surface area contributed by atoms with E-state index in [9.17, 15) is 4.79 Å². The van der Waals surface area contributed by atoms with Crippen LogP contribution >= 0.6 is 0 Å². The molecule has 0 unspecified atom stereocenters. The van der Waals surface area contributed by atoms with E-state index in [-0.39, 0.29) is 0 Å². The molecule has 1 amide bonds. The molecule has 0 atom stereocenters. The lowest BCUT2D eigenvalue weighted by atomic mass is 10.1. The van der Waals surface area contributed by atoms with Gasteiger partial charge >= 0.3 is 0 Å². The maximum absolute atomic E-state index is 11.3. The summed E-state index contributed by atoms with van der Waals surface area (Å²) in [5.74, 6) is -0.539. The molecule has 100 valence electrons. The fraction of sp³-hybridized carbons (Fsp3) is 0.231. The number of nitrogens with one attached hydrogen (secondary N) is 1. The number of hydrogen-bond acceptors (Lipinski definition) is 4. The number of aryl methyl sites for hydroxylation is 2. The number of carbonyl (C=O) groups is 1. The first-order valence-corrected chi connectivity index (χ1v) is 6.00. The van der Waals surface area contributed by atoms with E-state index in [2.05, 4.69) is 10.4 Å². The van der Waals surface area contributed by atoms with Crippen LogP contribution in [0.5, 0.6) is 0 Å². The van der Waals surface area contributed by atoms with Gasteiger partial charge in [0.1, 0.15) is 0 Å². The van der Waals surface area contributed by atoms with Crippen LogP contribution in [0.3, 0.4) is 0 Å². The number of hydrogen-bond donors (Lipinski definition) is 3. The fourth-order valence-electron chi connectivity index (χ4n) is 1.90. The number of rotatable bonds is 4. The van der Waals surface area contributed by atoms with Gasteiger partial charge in [-0.1, -0.05) is 6.92 Å². The van der Waals surface area contributed by atoms with Gasteiger partial charge in [-0.3, -0.25) is 9.48 Å². The summed E-state index contributed by atoms with van der Waals surface area (Å²) in [5.41, 5.74) is 14.3. The third kappa shape index (κ3) is 2.67. The fourth-order valence-corrected chi connectivity index (χ4v) is 1.90. The Morgan fingerprint density at radius 3 is 2.84 bits per heavy atom. The van der Waals surface area contributed by atoms with Crippen molar-refractivity contribution in [2.75, 3.05) is 11.1 Å². The Morgan fingerprint density at radius 2 is 2.21 bits per heavy atom. The van der Waals surface area contributed by atoms with Crippen molar-refractivity contribution in [2.45, 2.75) is 13.3 Å². The summed E-state index contributed by atoms with van der Waals surface area (Å²) < 4.78 is 1.74. The molecule has 6 heteroatoms. The van der Waals surface area contributed by atoms with Crippen molar-refractivity contribution in [2.24, 2.45) is 12.8 Å². The standard InChI is InChI=1S/C13H17N5O/c1-3-11-12(7-18(2)17-11)16-8-4-5-10(14)9(6-8)13(15)19/h4-7,16H,3,14H2,1-2H3,(H2,15,19). The Morgan fingerprint density at radius 1 is 1.47 bits per heavy atom. The Hall–Kier alpha value is -2.50. The highest BCUT2D eigenvalue weighted by Gasteiger charge is 2.09. The SMILES string of the molecule is CCc1nn(C)cc1Nc1ccc(N)c(C(N)=O)c1. The zero-order valence-corrected chi connectivity index (χ0v) is 11.0. The molecule has 0 bridgehead atoms. The highest BCUT2D eigenvalue weighted by Crippen LogP contribution is 2.23. The normalized spacial score (nSPS) is 10.4. The van der Waals surface area contributed by atoms with E-state index in [1.807, 2.05) is 20.2 Å². The number of benzene rings is 1. The first-order valence-electron chi connectivity index (χ1n) is 6.00. The Bertz CT molecular complexity index is 617. The van der Waals surface area contributed by atoms with Crippen LogP contribution in [-0.4, -0.2) is 15.7 Å². The van der Waals surface area contributed by atoms with E-state index in [0.29, 0.717) is 11.3 Å². The molecule has 0 aliphatic heterocycles. The van der Waals surface area contributed by atoms with Gasteiger partial charge in [0.25, 0.3) is 5.91 Å². The Labute approximate surface area is 111 Å². The third-order valence-electron chi connectivity index (χ3n) is 2.84. The molecule has 0 saturated heterocycles. The van der Waals surface area contributed by atoms with Crippen molar-refractivity contribution in [1.82, 2.24) is 9.78 Å². The highest BCUT2D eigenvalue weighted by molar-refractivity contribution is 5.99. The van der Waals surface area contributed by atoms with Crippen LogP contribution in [-0.2, 0) is 13.5 Å². The van der Waals surface area contributed by atoms with Crippen LogP contribution in [0.4, 0.5) is 17.1 Å². The summed E-state index contributed by atoms with van der Waals surface area (Å²) in [6.45, 7) is 2.03. The summed E-state index contributed by atoms with van der Waals surface area (Å²) >= 11 is 0. The van der Waals surface area contributed by atoms with Gasteiger partial charge in [-0.25, -0.2) is 0 Å². The van der Waals surface area contributed by atoms with E-state index in [4.69, 9.17) is 11.5 Å². The van der Waals surface area contributed by atoms with Gasteiger partial charge < -0.3 is 16.8 Å². The first kappa shape index (κ1) is 12.9. The number of nitrogens with two attached hydrogens (primary N) is 2. The summed E-state index contributed by atoms with van der Waals surface area (Å²) in [5, 5.41) is 7.56. The maximum atomic E-state index is 11.3. The van der Waals surface area contributed by atoms with Crippen molar-refractivity contribution in [3.05, 3.63) is 35.7 Å². The van der Waals surface area contributed by atoms with E-state index in [1.165, 1.54) is 0 Å². The zero-order chi connectivity index (χ0) is 14.0. The van der Waals surface area contributed by atoms with Crippen molar-refractivity contribution in [1.29, 1.82) is 0 Å². The van der Waals surface area contributed by atoms with Crippen molar-refractivity contribution >= 4 is 23.0 Å². The van der Waals surface area contributed by atoms with Gasteiger partial charge in [-0.05, 0) is 24.6 Å². The number of primary amides is 1. The molecule has 6 nitrogen and oxygen atoms in total. The predicted octanol–water partition coefficient (Wildman–Crippen LogP) is 1.41. The second kappa shape index (κ2) is 5.01. The number of nitrogen functional groups attached to an aromatic ring is 1. The molecule has 0 aliphatic rings. The molecular weight excluding hydrogens is 242 g/mol. The average Bonchev–Trinajstić information content (AvgIpc) is 2.71. The molecular formula is C13H17N5O. The van der Waals surface area contributed by atoms with Gasteiger partial charge in [0.2, 0.25) is 0 Å². The number of anilines is 3. The van der Waals surface area contributed by atoms with Crippen LogP contribution in [0.25, 0.3) is 0 Å². The number of amides is 1.